The Bertz CT molecular complexity index is 3920. The summed E-state index contributed by atoms with van der Waals surface area (Å²) in [6, 6.07) is 66.8. The second-order valence-electron chi connectivity index (χ2n) is 23.0. The van der Waals surface area contributed by atoms with E-state index in [0.717, 1.165) is 78.4 Å². The van der Waals surface area contributed by atoms with Crippen LogP contribution in [0.25, 0.3) is 42.4 Å². The molecule has 6 heterocycles. The van der Waals surface area contributed by atoms with Gasteiger partial charge in [0.05, 0.1) is 52.9 Å². The van der Waals surface area contributed by atoms with Crippen molar-refractivity contribution in [2.45, 2.75) is 127 Å². The Kier molecular flexibility index (Phi) is 18.3. The molecule has 10 aromatic rings. The van der Waals surface area contributed by atoms with Gasteiger partial charge in [0.1, 0.15) is 48.8 Å². The highest BCUT2D eigenvalue weighted by Crippen LogP contribution is 2.52. The van der Waals surface area contributed by atoms with E-state index in [-0.39, 0.29) is 13.2 Å². The minimum Gasteiger partial charge on any atom is -0.394 e. The van der Waals surface area contributed by atoms with Crippen molar-refractivity contribution in [3.8, 4) is 22.3 Å². The molecule has 0 radical (unpaired) electrons. The molecule has 14 heteroatoms. The number of hydrogen-bond donors (Lipinski definition) is 4. The lowest BCUT2D eigenvalue weighted by Gasteiger charge is -2.51. The predicted molar refractivity (Wildman–Crippen MR) is 342 cm³/mol. The average Bonchev–Trinajstić information content (AvgIpc) is 2.66. The van der Waals surface area contributed by atoms with Gasteiger partial charge in [0.15, 0.2) is 0 Å². The molecule has 2 fully saturated rings. The molecule has 12 nitrogen and oxygen atoms in total. The predicted octanol–water partition coefficient (Wildman–Crippen LogP) is 13.5. The highest BCUT2D eigenvalue weighted by molar-refractivity contribution is 7.18. The van der Waals surface area contributed by atoms with Gasteiger partial charge in [-0.05, 0) is 104 Å². The molecule has 2 saturated heterocycles. The fourth-order valence-electron chi connectivity index (χ4n) is 12.6. The van der Waals surface area contributed by atoms with Crippen LogP contribution in [0.4, 0.5) is 0 Å². The first-order valence-electron chi connectivity index (χ1n) is 30.3. The Labute approximate surface area is 521 Å². The lowest BCUT2D eigenvalue weighted by Crippen LogP contribution is -2.65. The quantitative estimate of drug-likeness (QED) is 0.0646. The van der Waals surface area contributed by atoms with E-state index >= 15 is 0 Å². The average molecular weight is 1220 g/mol. The second-order valence-corrected chi connectivity index (χ2v) is 24.8. The summed E-state index contributed by atoms with van der Waals surface area (Å²) in [5, 5.41) is 47.4. The summed E-state index contributed by atoms with van der Waals surface area (Å²) in [6.45, 7) is 6.11. The fraction of sp³-hybridized carbons (Fsp3) is 0.297. The minimum atomic E-state index is -1.62. The molecule has 14 rings (SSSR count). The van der Waals surface area contributed by atoms with Gasteiger partial charge in [-0.15, -0.1) is 22.7 Å². The molecule has 0 amide bonds. The standard InChI is InChI=1S/C51H48O6S.C23H24O6S/c1-2-36-23-25-41(26-24-36)44-35-58-47-27-42-33-56-51(45(42)28-43(44)47)50(55-32-40-21-13-6-14-22-40)49(54-31-39-19-11-5-12-20-39)48(53-30-38-17-9-4-10-18-38)46(57-51)34-52-29-37-15-7-3-8-16-37;1-2-12-3-5-13(6-4-12)16-11-30-19-7-14-10-28-23(17(14)8-15(16)19)22(27)21(26)20(25)18(9-24)29-23/h3-28,35,46,48-50H,2,29-34H2,1H3;3-8,11,18,20-22,24-27H,2,9-10H2,1H3/t46-,48-,49+,50-,51+;18-,20-,21+,22-,23+/m11/s1. The van der Waals surface area contributed by atoms with E-state index in [1.807, 2.05) is 84.9 Å². The van der Waals surface area contributed by atoms with Crippen molar-refractivity contribution < 1.29 is 58.3 Å². The number of aliphatic hydroxyl groups is 4. The Morgan fingerprint density at radius 1 is 0.466 bits per heavy atom. The smallest absolute Gasteiger partial charge is 0.226 e. The summed E-state index contributed by atoms with van der Waals surface area (Å²) in [5.41, 5.74) is 14.9. The monoisotopic (exact) mass is 1220 g/mol. The van der Waals surface area contributed by atoms with Crippen LogP contribution in [0.2, 0.25) is 0 Å². The van der Waals surface area contributed by atoms with Crippen molar-refractivity contribution in [2.75, 3.05) is 13.2 Å². The Morgan fingerprint density at radius 2 is 0.898 bits per heavy atom. The van der Waals surface area contributed by atoms with Crippen molar-refractivity contribution in [2.24, 2.45) is 0 Å². The van der Waals surface area contributed by atoms with E-state index in [1.54, 1.807) is 22.7 Å². The maximum absolute atomic E-state index is 10.8. The van der Waals surface area contributed by atoms with Crippen LogP contribution in [0.15, 0.2) is 205 Å². The molecule has 0 unspecified atom stereocenters. The third kappa shape index (κ3) is 12.1. The van der Waals surface area contributed by atoms with Gasteiger partial charge in [0.25, 0.3) is 0 Å². The van der Waals surface area contributed by atoms with Gasteiger partial charge in [-0.25, -0.2) is 0 Å². The molecule has 4 aliphatic heterocycles. The first kappa shape index (κ1) is 60.1. The van der Waals surface area contributed by atoms with Crippen LogP contribution in [-0.4, -0.2) is 82.5 Å². The van der Waals surface area contributed by atoms with Crippen LogP contribution >= 0.6 is 22.7 Å². The zero-order chi connectivity index (χ0) is 60.2. The van der Waals surface area contributed by atoms with E-state index in [2.05, 4.69) is 134 Å². The molecular weight excluding hydrogens is 1140 g/mol. The first-order valence-corrected chi connectivity index (χ1v) is 32.1. The van der Waals surface area contributed by atoms with Crippen molar-refractivity contribution in [3.05, 3.63) is 261 Å². The largest absolute Gasteiger partial charge is 0.394 e. The van der Waals surface area contributed by atoms with Crippen LogP contribution in [0.3, 0.4) is 0 Å². The molecule has 88 heavy (non-hydrogen) atoms. The van der Waals surface area contributed by atoms with Crippen molar-refractivity contribution >= 4 is 42.8 Å². The summed E-state index contributed by atoms with van der Waals surface area (Å²) >= 11 is 3.39. The topological polar surface area (TPSA) is 155 Å². The molecule has 2 aromatic heterocycles. The SMILES string of the molecule is CCc1ccc(-c2csc3cc4c(cc23)[C@]2(OC4)O[C@H](CO)[C@@H](O)[C@H](O)[C@H]2O)cc1.CCc1ccc(-c2csc3cc4c(cc23)[C@]2(OC4)O[C@H](COCc3ccccc3)[C@@H](OCc3ccccc3)[C@H](OCc3ccccc3)[C@H]2OCc2ccccc2)cc1. The summed E-state index contributed by atoms with van der Waals surface area (Å²) in [4.78, 5) is 0. The van der Waals surface area contributed by atoms with Crippen molar-refractivity contribution in [3.63, 3.8) is 0 Å². The number of benzene rings is 8. The molecule has 0 saturated carbocycles. The minimum absolute atomic E-state index is 0.210. The summed E-state index contributed by atoms with van der Waals surface area (Å²) in [6.07, 6.45) is -5.95. The summed E-state index contributed by atoms with van der Waals surface area (Å²) in [7, 11) is 0. The number of rotatable bonds is 18. The van der Waals surface area contributed by atoms with Gasteiger partial charge in [-0.1, -0.05) is 184 Å². The zero-order valence-electron chi connectivity index (χ0n) is 49.2. The summed E-state index contributed by atoms with van der Waals surface area (Å²) in [5.74, 6) is -2.95. The fourth-order valence-corrected chi connectivity index (χ4v) is 14.6. The Balaban J connectivity index is 0.000000199. The Morgan fingerprint density at radius 3 is 1.38 bits per heavy atom. The van der Waals surface area contributed by atoms with Gasteiger partial charge in [-0.3, -0.25) is 0 Å². The zero-order valence-corrected chi connectivity index (χ0v) is 50.8. The van der Waals surface area contributed by atoms with Gasteiger partial charge >= 0.3 is 0 Å². The second kappa shape index (κ2) is 26.7. The van der Waals surface area contributed by atoms with Crippen LogP contribution in [0.1, 0.15) is 69.5 Å². The van der Waals surface area contributed by atoms with Crippen LogP contribution < -0.4 is 0 Å². The molecule has 4 aliphatic rings. The number of thiophene rings is 2. The normalized spacial score (nSPS) is 24.6. The maximum Gasteiger partial charge on any atom is 0.226 e. The number of hydrogen-bond acceptors (Lipinski definition) is 14. The lowest BCUT2D eigenvalue weighted by atomic mass is 9.86. The molecular formula is C74H72O12S2. The van der Waals surface area contributed by atoms with Gasteiger partial charge in [-0.2, -0.15) is 0 Å². The highest BCUT2D eigenvalue weighted by Gasteiger charge is 2.62. The number of ether oxygens (including phenoxy) is 8. The van der Waals surface area contributed by atoms with Gasteiger partial charge in [0.2, 0.25) is 11.6 Å². The molecule has 8 aromatic carbocycles. The Hall–Kier alpha value is -6.80. The first-order chi connectivity index (χ1) is 43.1. The van der Waals surface area contributed by atoms with E-state index in [1.165, 1.54) is 27.0 Å². The highest BCUT2D eigenvalue weighted by atomic mass is 32.1. The van der Waals surface area contributed by atoms with E-state index < -0.39 is 67.0 Å². The molecule has 0 aliphatic carbocycles. The number of aryl methyl sites for hydroxylation is 2. The van der Waals surface area contributed by atoms with E-state index in [9.17, 15) is 20.4 Å². The van der Waals surface area contributed by atoms with Crippen molar-refractivity contribution in [1.29, 1.82) is 0 Å². The van der Waals surface area contributed by atoms with Gasteiger partial charge in [0, 0.05) is 42.4 Å². The van der Waals surface area contributed by atoms with Crippen LogP contribution in [0.5, 0.6) is 0 Å². The number of aliphatic hydroxyl groups excluding tert-OH is 4. The molecule has 10 atom stereocenters. The third-order valence-corrected chi connectivity index (χ3v) is 19.3. The van der Waals surface area contributed by atoms with Crippen LogP contribution in [-0.2, 0) is 102 Å². The number of fused-ring (bicyclic) bond motifs is 6. The van der Waals surface area contributed by atoms with Crippen molar-refractivity contribution in [1.82, 2.24) is 0 Å². The lowest BCUT2D eigenvalue weighted by molar-refractivity contribution is -0.387. The third-order valence-electron chi connectivity index (χ3n) is 17.5. The van der Waals surface area contributed by atoms with Gasteiger partial charge < -0.3 is 58.3 Å². The van der Waals surface area contributed by atoms with E-state index in [0.29, 0.717) is 38.6 Å². The molecule has 452 valence electrons. The van der Waals surface area contributed by atoms with Crippen LogP contribution in [0, 0.1) is 0 Å². The molecule has 4 N–H and O–H groups in total. The van der Waals surface area contributed by atoms with E-state index in [4.69, 9.17) is 37.9 Å². The molecule has 2 spiro atoms. The summed E-state index contributed by atoms with van der Waals surface area (Å²) < 4.78 is 56.1. The maximum atomic E-state index is 10.8. The molecule has 0 bridgehead atoms.